The Labute approximate surface area is 174 Å². The Morgan fingerprint density at radius 2 is 1.60 bits per heavy atom. The van der Waals surface area contributed by atoms with Crippen LogP contribution in [0.4, 0.5) is 0 Å². The first-order chi connectivity index (χ1) is 14.4. The van der Waals surface area contributed by atoms with Crippen molar-refractivity contribution in [2.75, 3.05) is 21.3 Å². The number of methoxy groups -OCH3 is 3. The molecule has 30 heavy (non-hydrogen) atoms. The summed E-state index contributed by atoms with van der Waals surface area (Å²) in [6.07, 6.45) is 0.650. The number of hydrogen-bond acceptors (Lipinski definition) is 7. The van der Waals surface area contributed by atoms with E-state index in [2.05, 4.69) is 0 Å². The highest BCUT2D eigenvalue weighted by atomic mass is 16.5. The number of rotatable bonds is 7. The van der Waals surface area contributed by atoms with Gasteiger partial charge in [-0.05, 0) is 48.2 Å². The highest BCUT2D eigenvalue weighted by molar-refractivity contribution is 5.84. The lowest BCUT2D eigenvalue weighted by Gasteiger charge is -2.14. The van der Waals surface area contributed by atoms with Crippen LogP contribution in [0.2, 0.25) is 0 Å². The molecule has 0 saturated carbocycles. The minimum absolute atomic E-state index is 0.00429. The van der Waals surface area contributed by atoms with Crippen molar-refractivity contribution in [3.8, 4) is 23.0 Å². The maximum atomic E-state index is 12.6. The van der Waals surface area contributed by atoms with Crippen molar-refractivity contribution in [1.82, 2.24) is 0 Å². The molecule has 1 heterocycles. The van der Waals surface area contributed by atoms with Crippen LogP contribution >= 0.6 is 0 Å². The van der Waals surface area contributed by atoms with E-state index in [9.17, 15) is 9.59 Å². The zero-order valence-electron chi connectivity index (χ0n) is 17.7. The zero-order chi connectivity index (χ0) is 21.8. The second-order valence-corrected chi connectivity index (χ2v) is 6.74. The number of fused-ring (bicyclic) bond motifs is 1. The van der Waals surface area contributed by atoms with Gasteiger partial charge in [0.05, 0.1) is 27.8 Å². The van der Waals surface area contributed by atoms with Crippen LogP contribution in [0.25, 0.3) is 11.0 Å². The summed E-state index contributed by atoms with van der Waals surface area (Å²) in [4.78, 5) is 24.3. The van der Waals surface area contributed by atoms with Gasteiger partial charge in [-0.15, -0.1) is 0 Å². The summed E-state index contributed by atoms with van der Waals surface area (Å²) in [5.41, 5.74) is 2.24. The molecule has 0 amide bonds. The Morgan fingerprint density at radius 3 is 2.17 bits per heavy atom. The molecule has 7 heteroatoms. The average Bonchev–Trinajstić information content (AvgIpc) is 2.72. The van der Waals surface area contributed by atoms with E-state index in [0.29, 0.717) is 40.6 Å². The van der Waals surface area contributed by atoms with Crippen molar-refractivity contribution >= 4 is 16.9 Å². The first kappa shape index (κ1) is 21.2. The second-order valence-electron chi connectivity index (χ2n) is 6.74. The van der Waals surface area contributed by atoms with E-state index < -0.39 is 11.6 Å². The van der Waals surface area contributed by atoms with Gasteiger partial charge >= 0.3 is 11.6 Å². The maximum Gasteiger partial charge on any atom is 0.336 e. The number of benzene rings is 2. The third-order valence-electron chi connectivity index (χ3n) is 4.81. The molecule has 0 aliphatic carbocycles. The summed E-state index contributed by atoms with van der Waals surface area (Å²) in [5.74, 6) is 1.27. The van der Waals surface area contributed by atoms with Crippen LogP contribution < -0.4 is 24.6 Å². The Kier molecular flexibility index (Phi) is 6.30. The summed E-state index contributed by atoms with van der Waals surface area (Å²) in [6, 6.07) is 8.32. The molecule has 0 radical (unpaired) electrons. The third-order valence-corrected chi connectivity index (χ3v) is 4.81. The van der Waals surface area contributed by atoms with Crippen LogP contribution in [0.15, 0.2) is 39.5 Å². The first-order valence-electron chi connectivity index (χ1n) is 9.47. The normalized spacial score (nSPS) is 10.7. The second kappa shape index (κ2) is 8.90. The van der Waals surface area contributed by atoms with E-state index in [0.717, 1.165) is 16.5 Å². The molecule has 0 unspecified atom stereocenters. The van der Waals surface area contributed by atoms with Crippen LogP contribution in [0.5, 0.6) is 23.0 Å². The van der Waals surface area contributed by atoms with Crippen molar-refractivity contribution < 1.29 is 28.2 Å². The van der Waals surface area contributed by atoms with E-state index >= 15 is 0 Å². The molecule has 158 valence electrons. The van der Waals surface area contributed by atoms with Gasteiger partial charge in [-0.25, -0.2) is 4.79 Å². The van der Waals surface area contributed by atoms with Gasteiger partial charge in [0.1, 0.15) is 11.3 Å². The standard InChI is InChI=1S/C23H24O7/c1-6-15-11-16-13(2)7-21(24)30-18(16)12-17(15)29-22(25)10-14-8-19(26-3)23(28-5)20(9-14)27-4/h7-9,11-12H,6,10H2,1-5H3. The van der Waals surface area contributed by atoms with Gasteiger partial charge in [0.25, 0.3) is 0 Å². The molecule has 0 saturated heterocycles. The van der Waals surface area contributed by atoms with Crippen LogP contribution in [-0.4, -0.2) is 27.3 Å². The summed E-state index contributed by atoms with van der Waals surface area (Å²) >= 11 is 0. The van der Waals surface area contributed by atoms with E-state index in [1.54, 1.807) is 18.2 Å². The van der Waals surface area contributed by atoms with Gasteiger partial charge in [0.2, 0.25) is 5.75 Å². The lowest BCUT2D eigenvalue weighted by molar-refractivity contribution is -0.133. The molecule has 2 aromatic carbocycles. The topological polar surface area (TPSA) is 84.2 Å². The summed E-state index contributed by atoms with van der Waals surface area (Å²) < 4.78 is 26.8. The maximum absolute atomic E-state index is 12.6. The number of ether oxygens (including phenoxy) is 4. The molecular formula is C23H24O7. The van der Waals surface area contributed by atoms with E-state index in [1.807, 2.05) is 19.9 Å². The van der Waals surface area contributed by atoms with Crippen molar-refractivity contribution in [2.45, 2.75) is 26.7 Å². The molecule has 0 aliphatic rings. The Balaban J connectivity index is 1.91. The Hall–Kier alpha value is -3.48. The summed E-state index contributed by atoms with van der Waals surface area (Å²) in [6.45, 7) is 3.81. The largest absolute Gasteiger partial charge is 0.493 e. The molecule has 1 aromatic heterocycles. The quantitative estimate of drug-likeness (QED) is 0.331. The number of hydrogen-bond donors (Lipinski definition) is 0. The predicted molar refractivity (Wildman–Crippen MR) is 112 cm³/mol. The molecular weight excluding hydrogens is 388 g/mol. The van der Waals surface area contributed by atoms with Gasteiger partial charge in [-0.1, -0.05) is 6.92 Å². The molecule has 3 rings (SSSR count). The highest BCUT2D eigenvalue weighted by Gasteiger charge is 2.17. The van der Waals surface area contributed by atoms with Gasteiger partial charge in [0.15, 0.2) is 11.5 Å². The fraction of sp³-hybridized carbons (Fsp3) is 0.304. The monoisotopic (exact) mass is 412 g/mol. The van der Waals surface area contributed by atoms with Crippen LogP contribution in [-0.2, 0) is 17.6 Å². The molecule has 3 aromatic rings. The van der Waals surface area contributed by atoms with Crippen molar-refractivity contribution in [2.24, 2.45) is 0 Å². The van der Waals surface area contributed by atoms with E-state index in [1.165, 1.54) is 27.4 Å². The van der Waals surface area contributed by atoms with Crippen LogP contribution in [0.3, 0.4) is 0 Å². The van der Waals surface area contributed by atoms with Gasteiger partial charge in [0, 0.05) is 17.5 Å². The first-order valence-corrected chi connectivity index (χ1v) is 9.47. The van der Waals surface area contributed by atoms with E-state index in [4.69, 9.17) is 23.4 Å². The fourth-order valence-electron chi connectivity index (χ4n) is 3.33. The Morgan fingerprint density at radius 1 is 0.933 bits per heavy atom. The van der Waals surface area contributed by atoms with Gasteiger partial charge < -0.3 is 23.4 Å². The Bertz CT molecular complexity index is 1120. The lowest BCUT2D eigenvalue weighted by atomic mass is 10.1. The minimum Gasteiger partial charge on any atom is -0.493 e. The predicted octanol–water partition coefficient (Wildman–Crippen LogP) is 3.84. The third kappa shape index (κ3) is 4.25. The van der Waals surface area contributed by atoms with Gasteiger partial charge in [-0.2, -0.15) is 0 Å². The average molecular weight is 412 g/mol. The zero-order valence-corrected chi connectivity index (χ0v) is 17.7. The lowest BCUT2D eigenvalue weighted by Crippen LogP contribution is -2.13. The van der Waals surface area contributed by atoms with Crippen molar-refractivity contribution in [3.05, 3.63) is 57.4 Å². The minimum atomic E-state index is -0.465. The molecule has 7 nitrogen and oxygen atoms in total. The SMILES string of the molecule is CCc1cc2c(C)cc(=O)oc2cc1OC(=O)Cc1cc(OC)c(OC)c(OC)c1. The van der Waals surface area contributed by atoms with Crippen LogP contribution in [0.1, 0.15) is 23.6 Å². The van der Waals surface area contributed by atoms with Crippen molar-refractivity contribution in [3.63, 3.8) is 0 Å². The summed E-state index contributed by atoms with van der Waals surface area (Å²) in [7, 11) is 4.54. The molecule has 0 fully saturated rings. The molecule has 0 N–H and O–H groups in total. The molecule has 0 aliphatic heterocycles. The van der Waals surface area contributed by atoms with Crippen molar-refractivity contribution in [1.29, 1.82) is 0 Å². The van der Waals surface area contributed by atoms with E-state index in [-0.39, 0.29) is 6.42 Å². The number of carbonyl (C=O) groups is 1. The van der Waals surface area contributed by atoms with Crippen LogP contribution in [0, 0.1) is 6.92 Å². The van der Waals surface area contributed by atoms with Gasteiger partial charge in [-0.3, -0.25) is 4.79 Å². The number of carbonyl (C=O) groups excluding carboxylic acids is 1. The highest BCUT2D eigenvalue weighted by Crippen LogP contribution is 2.38. The number of esters is 1. The fourth-order valence-corrected chi connectivity index (χ4v) is 3.33. The molecule has 0 spiro atoms. The summed E-state index contributed by atoms with van der Waals surface area (Å²) in [5, 5.41) is 0.816. The number of aryl methyl sites for hydroxylation is 2. The smallest absolute Gasteiger partial charge is 0.336 e. The molecule has 0 atom stereocenters. The molecule has 0 bridgehead atoms.